The largest absolute Gasteiger partial charge is 0.351 e. The minimum Gasteiger partial charge on any atom is -0.351 e. The molecule has 0 radical (unpaired) electrons. The van der Waals surface area contributed by atoms with Gasteiger partial charge in [0.05, 0.1) is 5.02 Å². The van der Waals surface area contributed by atoms with E-state index in [9.17, 15) is 14.0 Å². The van der Waals surface area contributed by atoms with Crippen molar-refractivity contribution in [3.05, 3.63) is 29.0 Å². The first-order chi connectivity index (χ1) is 7.04. The fourth-order valence-corrected chi connectivity index (χ4v) is 1.06. The Labute approximate surface area is 90.4 Å². The van der Waals surface area contributed by atoms with Crippen molar-refractivity contribution >= 4 is 29.1 Å². The summed E-state index contributed by atoms with van der Waals surface area (Å²) in [6, 6.07) is 3.63. The molecule has 0 saturated carbocycles. The molecule has 4 nitrogen and oxygen atoms in total. The van der Waals surface area contributed by atoms with Crippen LogP contribution in [0.25, 0.3) is 0 Å². The van der Waals surface area contributed by atoms with Crippen LogP contribution >= 0.6 is 11.6 Å². The number of anilines is 1. The first-order valence-electron chi connectivity index (χ1n) is 4.02. The predicted molar refractivity (Wildman–Crippen MR) is 54.1 cm³/mol. The molecule has 1 aromatic rings. The van der Waals surface area contributed by atoms with Crippen LogP contribution < -0.4 is 10.6 Å². The van der Waals surface area contributed by atoms with Crippen LogP contribution in [0.5, 0.6) is 0 Å². The molecule has 0 fully saturated rings. The molecule has 0 atom stereocenters. The van der Waals surface area contributed by atoms with Crippen molar-refractivity contribution in [2.24, 2.45) is 0 Å². The third kappa shape index (κ3) is 2.92. The van der Waals surface area contributed by atoms with Crippen LogP contribution in [0.3, 0.4) is 0 Å². The third-order valence-corrected chi connectivity index (χ3v) is 1.90. The van der Waals surface area contributed by atoms with Crippen molar-refractivity contribution in [3.63, 3.8) is 0 Å². The normalized spacial score (nSPS) is 9.53. The Morgan fingerprint density at radius 1 is 1.33 bits per heavy atom. The van der Waals surface area contributed by atoms with Crippen LogP contribution in [0, 0.1) is 5.82 Å². The second-order valence-corrected chi connectivity index (χ2v) is 3.07. The summed E-state index contributed by atoms with van der Waals surface area (Å²) in [5.41, 5.74) is 0.259. The second kappa shape index (κ2) is 4.75. The number of hydrogen-bond acceptors (Lipinski definition) is 2. The minimum absolute atomic E-state index is 0.121. The average molecular weight is 231 g/mol. The van der Waals surface area contributed by atoms with E-state index in [2.05, 4.69) is 10.6 Å². The van der Waals surface area contributed by atoms with Crippen molar-refractivity contribution in [1.82, 2.24) is 5.32 Å². The van der Waals surface area contributed by atoms with Gasteiger partial charge in [-0.15, -0.1) is 0 Å². The Hall–Kier alpha value is -1.62. The first kappa shape index (κ1) is 11.5. The molecule has 0 spiro atoms. The summed E-state index contributed by atoms with van der Waals surface area (Å²) in [6.07, 6.45) is 0. The highest BCUT2D eigenvalue weighted by molar-refractivity contribution is 6.39. The molecule has 0 bridgehead atoms. The molecule has 2 amide bonds. The SMILES string of the molecule is CNC(=O)C(=O)Nc1ccc(F)c(Cl)c1. The molecular formula is C9H8ClFN2O2. The Balaban J connectivity index is 2.77. The van der Waals surface area contributed by atoms with Crippen molar-refractivity contribution in [3.8, 4) is 0 Å². The Kier molecular flexibility index (Phi) is 3.62. The highest BCUT2D eigenvalue weighted by atomic mass is 35.5. The zero-order valence-electron chi connectivity index (χ0n) is 7.80. The van der Waals surface area contributed by atoms with Crippen LogP contribution in [0.4, 0.5) is 10.1 Å². The topological polar surface area (TPSA) is 58.2 Å². The predicted octanol–water partition coefficient (Wildman–Crippen LogP) is 1.16. The van der Waals surface area contributed by atoms with Crippen LogP contribution in [-0.4, -0.2) is 18.9 Å². The Bertz CT molecular complexity index is 409. The summed E-state index contributed by atoms with van der Waals surface area (Å²) in [4.78, 5) is 21.9. The highest BCUT2D eigenvalue weighted by Crippen LogP contribution is 2.19. The number of rotatable bonds is 1. The van der Waals surface area contributed by atoms with E-state index in [4.69, 9.17) is 11.6 Å². The lowest BCUT2D eigenvalue weighted by atomic mass is 10.3. The molecular weight excluding hydrogens is 223 g/mol. The Morgan fingerprint density at radius 3 is 2.53 bits per heavy atom. The summed E-state index contributed by atoms with van der Waals surface area (Å²) in [5.74, 6) is -2.20. The lowest BCUT2D eigenvalue weighted by Crippen LogP contribution is -2.32. The maximum atomic E-state index is 12.7. The van der Waals surface area contributed by atoms with Gasteiger partial charge in [-0.25, -0.2) is 4.39 Å². The summed E-state index contributed by atoms with van der Waals surface area (Å²) in [6.45, 7) is 0. The fraction of sp³-hybridized carbons (Fsp3) is 0.111. The van der Waals surface area contributed by atoms with Crippen LogP contribution in [0.2, 0.25) is 5.02 Å². The van der Waals surface area contributed by atoms with Gasteiger partial charge in [-0.1, -0.05) is 11.6 Å². The molecule has 0 aliphatic carbocycles. The number of hydrogen-bond donors (Lipinski definition) is 2. The van der Waals surface area contributed by atoms with Gasteiger partial charge in [0.2, 0.25) is 0 Å². The molecule has 0 aromatic heterocycles. The van der Waals surface area contributed by atoms with E-state index in [-0.39, 0.29) is 10.7 Å². The minimum atomic E-state index is -0.833. The van der Waals surface area contributed by atoms with E-state index in [1.54, 1.807) is 0 Å². The molecule has 0 aliphatic rings. The van der Waals surface area contributed by atoms with Crippen molar-refractivity contribution in [2.45, 2.75) is 0 Å². The van der Waals surface area contributed by atoms with E-state index in [1.165, 1.54) is 19.2 Å². The van der Waals surface area contributed by atoms with Crippen LogP contribution in [0.1, 0.15) is 0 Å². The Morgan fingerprint density at radius 2 is 2.00 bits per heavy atom. The smallest absolute Gasteiger partial charge is 0.313 e. The average Bonchev–Trinajstić information content (AvgIpc) is 2.22. The summed E-state index contributed by atoms with van der Waals surface area (Å²) in [7, 11) is 1.33. The van der Waals surface area contributed by atoms with Gasteiger partial charge in [-0.05, 0) is 18.2 Å². The number of carbonyl (C=O) groups excluding carboxylic acids is 2. The number of benzene rings is 1. The van der Waals surface area contributed by atoms with E-state index in [1.807, 2.05) is 0 Å². The first-order valence-corrected chi connectivity index (χ1v) is 4.40. The number of nitrogens with one attached hydrogen (secondary N) is 2. The zero-order chi connectivity index (χ0) is 11.4. The second-order valence-electron chi connectivity index (χ2n) is 2.66. The van der Waals surface area contributed by atoms with E-state index < -0.39 is 17.6 Å². The quantitative estimate of drug-likeness (QED) is 0.712. The van der Waals surface area contributed by atoms with Gasteiger partial charge in [0.1, 0.15) is 5.82 Å². The number of amides is 2. The van der Waals surface area contributed by atoms with Gasteiger partial charge in [-0.2, -0.15) is 0 Å². The van der Waals surface area contributed by atoms with Crippen molar-refractivity contribution < 1.29 is 14.0 Å². The number of likely N-dealkylation sites (N-methyl/N-ethyl adjacent to an activating group) is 1. The maximum Gasteiger partial charge on any atom is 0.313 e. The molecule has 15 heavy (non-hydrogen) atoms. The van der Waals surface area contributed by atoms with Gasteiger partial charge in [-0.3, -0.25) is 9.59 Å². The van der Waals surface area contributed by atoms with E-state index in [0.717, 1.165) is 6.07 Å². The summed E-state index contributed by atoms with van der Waals surface area (Å²) in [5, 5.41) is 4.29. The van der Waals surface area contributed by atoms with Gasteiger partial charge < -0.3 is 10.6 Å². The summed E-state index contributed by atoms with van der Waals surface area (Å²) >= 11 is 5.48. The van der Waals surface area contributed by atoms with Gasteiger partial charge in [0.25, 0.3) is 0 Å². The molecule has 0 saturated heterocycles. The molecule has 0 aliphatic heterocycles. The molecule has 80 valence electrons. The molecule has 1 aromatic carbocycles. The number of carbonyl (C=O) groups is 2. The molecule has 0 unspecified atom stereocenters. The maximum absolute atomic E-state index is 12.7. The van der Waals surface area contributed by atoms with Crippen LogP contribution in [0.15, 0.2) is 18.2 Å². The van der Waals surface area contributed by atoms with E-state index >= 15 is 0 Å². The zero-order valence-corrected chi connectivity index (χ0v) is 8.56. The van der Waals surface area contributed by atoms with E-state index in [0.29, 0.717) is 0 Å². The van der Waals surface area contributed by atoms with Gasteiger partial charge in [0.15, 0.2) is 0 Å². The van der Waals surface area contributed by atoms with Gasteiger partial charge >= 0.3 is 11.8 Å². The lowest BCUT2D eigenvalue weighted by molar-refractivity contribution is -0.135. The summed E-state index contributed by atoms with van der Waals surface area (Å²) < 4.78 is 12.7. The molecule has 2 N–H and O–H groups in total. The van der Waals surface area contributed by atoms with Crippen molar-refractivity contribution in [2.75, 3.05) is 12.4 Å². The molecule has 1 rings (SSSR count). The number of halogens is 2. The molecule has 6 heteroatoms. The standard InChI is InChI=1S/C9H8ClFN2O2/c1-12-8(14)9(15)13-5-2-3-7(11)6(10)4-5/h2-4H,1H3,(H,12,14)(H,13,15). The lowest BCUT2D eigenvalue weighted by Gasteiger charge is -2.04. The highest BCUT2D eigenvalue weighted by Gasteiger charge is 2.11. The molecule has 0 heterocycles. The van der Waals surface area contributed by atoms with Crippen molar-refractivity contribution in [1.29, 1.82) is 0 Å². The third-order valence-electron chi connectivity index (χ3n) is 1.61. The monoisotopic (exact) mass is 230 g/mol. The van der Waals surface area contributed by atoms with Gasteiger partial charge in [0, 0.05) is 12.7 Å². The fourth-order valence-electron chi connectivity index (χ4n) is 0.875. The van der Waals surface area contributed by atoms with Crippen LogP contribution in [-0.2, 0) is 9.59 Å².